The van der Waals surface area contributed by atoms with Gasteiger partial charge in [0.1, 0.15) is 11.6 Å². The second-order valence-electron chi connectivity index (χ2n) is 4.38. The van der Waals surface area contributed by atoms with Crippen molar-refractivity contribution in [2.75, 3.05) is 0 Å². The fourth-order valence-corrected chi connectivity index (χ4v) is 2.36. The molecule has 0 bridgehead atoms. The Balaban J connectivity index is 2.15. The van der Waals surface area contributed by atoms with E-state index >= 15 is 0 Å². The van der Waals surface area contributed by atoms with Gasteiger partial charge < -0.3 is 0 Å². The van der Waals surface area contributed by atoms with Gasteiger partial charge in [-0.05, 0) is 43.4 Å². The SMILES string of the molecule is CC(=O)[C@@H]1C[C@@H](c2ccncc2)CCC1=O. The molecule has 84 valence electrons. The molecule has 3 heteroatoms. The Labute approximate surface area is 94.9 Å². The number of pyridine rings is 1. The van der Waals surface area contributed by atoms with Crippen LogP contribution in [0.25, 0.3) is 0 Å². The van der Waals surface area contributed by atoms with Gasteiger partial charge in [-0.15, -0.1) is 0 Å². The molecule has 1 saturated carbocycles. The Bertz CT molecular complexity index is 400. The van der Waals surface area contributed by atoms with Gasteiger partial charge in [-0.2, -0.15) is 0 Å². The van der Waals surface area contributed by atoms with Gasteiger partial charge in [0.15, 0.2) is 0 Å². The predicted molar refractivity (Wildman–Crippen MR) is 60.0 cm³/mol. The van der Waals surface area contributed by atoms with Crippen LogP contribution in [-0.2, 0) is 9.59 Å². The van der Waals surface area contributed by atoms with Crippen LogP contribution in [0.15, 0.2) is 24.5 Å². The Morgan fingerprint density at radius 2 is 2.06 bits per heavy atom. The average molecular weight is 217 g/mol. The predicted octanol–water partition coefficient (Wildman–Crippen LogP) is 2.12. The summed E-state index contributed by atoms with van der Waals surface area (Å²) >= 11 is 0. The van der Waals surface area contributed by atoms with E-state index < -0.39 is 0 Å². The van der Waals surface area contributed by atoms with Crippen LogP contribution in [0, 0.1) is 5.92 Å². The largest absolute Gasteiger partial charge is 0.299 e. The molecule has 1 fully saturated rings. The molecule has 2 atom stereocenters. The van der Waals surface area contributed by atoms with Gasteiger partial charge in [0, 0.05) is 18.8 Å². The maximum atomic E-state index is 11.6. The standard InChI is InChI=1S/C13H15NO2/c1-9(15)12-8-11(2-3-13(12)16)10-4-6-14-7-5-10/h4-7,11-12H,2-3,8H2,1H3/t11-,12-/m0/s1. The van der Waals surface area contributed by atoms with Gasteiger partial charge in [0.05, 0.1) is 5.92 Å². The molecular formula is C13H15NO2. The molecular weight excluding hydrogens is 202 g/mol. The number of nitrogens with zero attached hydrogens (tertiary/aromatic N) is 1. The van der Waals surface area contributed by atoms with E-state index in [0.29, 0.717) is 18.8 Å². The highest BCUT2D eigenvalue weighted by Gasteiger charge is 2.32. The van der Waals surface area contributed by atoms with E-state index in [1.165, 1.54) is 12.5 Å². The second kappa shape index (κ2) is 4.56. The lowest BCUT2D eigenvalue weighted by Gasteiger charge is -2.26. The van der Waals surface area contributed by atoms with Crippen LogP contribution in [0.1, 0.15) is 37.7 Å². The number of carbonyl (C=O) groups excluding carboxylic acids is 2. The maximum Gasteiger partial charge on any atom is 0.143 e. The zero-order chi connectivity index (χ0) is 11.5. The Kier molecular flexibility index (Phi) is 3.13. The van der Waals surface area contributed by atoms with Crippen molar-refractivity contribution < 1.29 is 9.59 Å². The molecule has 0 aromatic carbocycles. The third-order valence-electron chi connectivity index (χ3n) is 3.32. The topological polar surface area (TPSA) is 47.0 Å². The number of rotatable bonds is 2. The fourth-order valence-electron chi connectivity index (χ4n) is 2.36. The number of hydrogen-bond donors (Lipinski definition) is 0. The number of carbonyl (C=O) groups is 2. The van der Waals surface area contributed by atoms with E-state index in [-0.39, 0.29) is 17.5 Å². The summed E-state index contributed by atoms with van der Waals surface area (Å²) in [6.07, 6.45) is 5.56. The molecule has 1 aromatic heterocycles. The number of aromatic nitrogens is 1. The van der Waals surface area contributed by atoms with Crippen molar-refractivity contribution in [3.05, 3.63) is 30.1 Å². The highest BCUT2D eigenvalue weighted by Crippen LogP contribution is 2.34. The molecule has 0 unspecified atom stereocenters. The van der Waals surface area contributed by atoms with Crippen LogP contribution in [-0.4, -0.2) is 16.6 Å². The van der Waals surface area contributed by atoms with E-state index in [0.717, 1.165) is 6.42 Å². The highest BCUT2D eigenvalue weighted by atomic mass is 16.1. The highest BCUT2D eigenvalue weighted by molar-refractivity contribution is 6.01. The second-order valence-corrected chi connectivity index (χ2v) is 4.38. The number of hydrogen-bond acceptors (Lipinski definition) is 3. The summed E-state index contributed by atoms with van der Waals surface area (Å²) < 4.78 is 0. The van der Waals surface area contributed by atoms with Gasteiger partial charge in [-0.1, -0.05) is 0 Å². The minimum Gasteiger partial charge on any atom is -0.299 e. The lowest BCUT2D eigenvalue weighted by atomic mass is 9.76. The van der Waals surface area contributed by atoms with E-state index in [4.69, 9.17) is 0 Å². The van der Waals surface area contributed by atoms with Crippen molar-refractivity contribution in [3.8, 4) is 0 Å². The number of ketones is 2. The molecule has 0 amide bonds. The first-order chi connectivity index (χ1) is 7.68. The van der Waals surface area contributed by atoms with Crippen molar-refractivity contribution in [1.82, 2.24) is 4.98 Å². The van der Waals surface area contributed by atoms with Crippen molar-refractivity contribution in [1.29, 1.82) is 0 Å². The van der Waals surface area contributed by atoms with Gasteiger partial charge >= 0.3 is 0 Å². The van der Waals surface area contributed by atoms with Crippen LogP contribution in [0.4, 0.5) is 0 Å². The van der Waals surface area contributed by atoms with Crippen molar-refractivity contribution in [2.45, 2.75) is 32.1 Å². The lowest BCUT2D eigenvalue weighted by Crippen LogP contribution is -2.29. The zero-order valence-electron chi connectivity index (χ0n) is 9.35. The number of Topliss-reactive ketones (excluding diaryl/α,β-unsaturated/α-hetero) is 2. The van der Waals surface area contributed by atoms with Crippen molar-refractivity contribution >= 4 is 11.6 Å². The maximum absolute atomic E-state index is 11.6. The molecule has 1 aliphatic rings. The van der Waals surface area contributed by atoms with Crippen LogP contribution in [0.3, 0.4) is 0 Å². The van der Waals surface area contributed by atoms with Gasteiger partial charge in [-0.3, -0.25) is 14.6 Å². The molecule has 0 radical (unpaired) electrons. The van der Waals surface area contributed by atoms with Crippen molar-refractivity contribution in [3.63, 3.8) is 0 Å². The molecule has 1 aromatic rings. The van der Waals surface area contributed by atoms with E-state index in [1.807, 2.05) is 12.1 Å². The zero-order valence-corrected chi connectivity index (χ0v) is 9.35. The first kappa shape index (κ1) is 11.0. The Morgan fingerprint density at radius 1 is 1.38 bits per heavy atom. The summed E-state index contributed by atoms with van der Waals surface area (Å²) in [7, 11) is 0. The Morgan fingerprint density at radius 3 is 2.69 bits per heavy atom. The Hall–Kier alpha value is -1.51. The average Bonchev–Trinajstić information content (AvgIpc) is 2.30. The molecule has 16 heavy (non-hydrogen) atoms. The summed E-state index contributed by atoms with van der Waals surface area (Å²) in [4.78, 5) is 26.9. The van der Waals surface area contributed by atoms with Crippen molar-refractivity contribution in [2.24, 2.45) is 5.92 Å². The first-order valence-corrected chi connectivity index (χ1v) is 5.61. The summed E-state index contributed by atoms with van der Waals surface area (Å²) in [6.45, 7) is 1.51. The molecule has 0 aliphatic heterocycles. The van der Waals surface area contributed by atoms with E-state index in [9.17, 15) is 9.59 Å². The molecule has 0 spiro atoms. The summed E-state index contributed by atoms with van der Waals surface area (Å²) in [5.74, 6) is 0.0584. The molecule has 2 rings (SSSR count). The molecule has 0 N–H and O–H groups in total. The quantitative estimate of drug-likeness (QED) is 0.713. The first-order valence-electron chi connectivity index (χ1n) is 5.61. The fraction of sp³-hybridized carbons (Fsp3) is 0.462. The van der Waals surface area contributed by atoms with Crippen LogP contribution >= 0.6 is 0 Å². The summed E-state index contributed by atoms with van der Waals surface area (Å²) in [6, 6.07) is 3.94. The molecule has 1 heterocycles. The van der Waals surface area contributed by atoms with Crippen LogP contribution < -0.4 is 0 Å². The van der Waals surface area contributed by atoms with E-state index in [1.54, 1.807) is 12.4 Å². The van der Waals surface area contributed by atoms with Crippen LogP contribution in [0.5, 0.6) is 0 Å². The minimum absolute atomic E-state index is 0.00348. The third kappa shape index (κ3) is 2.18. The molecule has 0 saturated heterocycles. The van der Waals surface area contributed by atoms with Gasteiger partial charge in [0.2, 0.25) is 0 Å². The smallest absolute Gasteiger partial charge is 0.143 e. The molecule has 1 aliphatic carbocycles. The normalized spacial score (nSPS) is 25.4. The monoisotopic (exact) mass is 217 g/mol. The van der Waals surface area contributed by atoms with Gasteiger partial charge in [0.25, 0.3) is 0 Å². The minimum atomic E-state index is -0.382. The van der Waals surface area contributed by atoms with Gasteiger partial charge in [-0.25, -0.2) is 0 Å². The van der Waals surface area contributed by atoms with Crippen LogP contribution in [0.2, 0.25) is 0 Å². The van der Waals surface area contributed by atoms with E-state index in [2.05, 4.69) is 4.98 Å². The summed E-state index contributed by atoms with van der Waals surface area (Å²) in [5, 5.41) is 0. The molecule has 3 nitrogen and oxygen atoms in total. The lowest BCUT2D eigenvalue weighted by molar-refractivity contribution is -0.133. The third-order valence-corrected chi connectivity index (χ3v) is 3.32. The summed E-state index contributed by atoms with van der Waals surface area (Å²) in [5.41, 5.74) is 1.19.